The number of aliphatic hydroxyl groups is 1. The van der Waals surface area contributed by atoms with E-state index in [2.05, 4.69) is 40.7 Å². The van der Waals surface area contributed by atoms with Gasteiger partial charge in [0.15, 0.2) is 0 Å². The van der Waals surface area contributed by atoms with Gasteiger partial charge in [0.2, 0.25) is 10.4 Å². The molecule has 0 heterocycles. The number of aliphatic hydroxyl groups excluding tert-OH is 1. The van der Waals surface area contributed by atoms with Gasteiger partial charge in [-0.15, -0.1) is 0 Å². The number of ketones is 1. The number of Topliss-reactive ketones (excluding diaryl/α,β-unsaturated/α-hetero) is 1. The molecule has 0 amide bonds. The van der Waals surface area contributed by atoms with Gasteiger partial charge in [0.1, 0.15) is 5.78 Å². The first-order valence-corrected chi connectivity index (χ1v) is 14.6. The van der Waals surface area contributed by atoms with E-state index in [1.54, 1.807) is 0 Å². The number of fused-ring (bicyclic) bond motifs is 5. The maximum absolute atomic E-state index is 12.6. The molecule has 0 aromatic rings. The Labute approximate surface area is 234 Å². The zero-order chi connectivity index (χ0) is 25.1. The molecule has 6 nitrogen and oxygen atoms in total. The topological polar surface area (TPSA) is 104 Å². The molecular formula is C27H43NaO6S. The van der Waals surface area contributed by atoms with E-state index in [-0.39, 0.29) is 46.3 Å². The number of rotatable bonds is 7. The minimum atomic E-state index is -4.74. The van der Waals surface area contributed by atoms with Crippen LogP contribution in [-0.2, 0) is 19.4 Å². The third-order valence-corrected chi connectivity index (χ3v) is 10.7. The van der Waals surface area contributed by atoms with Crippen LogP contribution in [0.4, 0.5) is 0 Å². The smallest absolute Gasteiger partial charge is 0.726 e. The van der Waals surface area contributed by atoms with Gasteiger partial charge in [-0.05, 0) is 91.3 Å². The maximum Gasteiger partial charge on any atom is 1.00 e. The zero-order valence-corrected chi connectivity index (χ0v) is 25.3. The van der Waals surface area contributed by atoms with Gasteiger partial charge in [-0.1, -0.05) is 46.3 Å². The van der Waals surface area contributed by atoms with E-state index < -0.39 is 22.6 Å². The molecule has 4 rings (SSSR count). The van der Waals surface area contributed by atoms with Crippen LogP contribution in [0, 0.1) is 46.3 Å². The van der Waals surface area contributed by atoms with Gasteiger partial charge in [-0.25, -0.2) is 8.42 Å². The van der Waals surface area contributed by atoms with Crippen molar-refractivity contribution in [2.24, 2.45) is 46.3 Å². The van der Waals surface area contributed by atoms with Crippen LogP contribution in [-0.4, -0.2) is 36.1 Å². The Bertz CT molecular complexity index is 932. The largest absolute Gasteiger partial charge is 1.00 e. The van der Waals surface area contributed by atoms with Crippen molar-refractivity contribution in [1.82, 2.24) is 0 Å². The molecule has 8 heteroatoms. The van der Waals surface area contributed by atoms with Crippen LogP contribution in [0.25, 0.3) is 0 Å². The van der Waals surface area contributed by atoms with Crippen LogP contribution in [0.5, 0.6) is 0 Å². The number of hydrogen-bond donors (Lipinski definition) is 1. The summed E-state index contributed by atoms with van der Waals surface area (Å²) >= 11 is 0. The Morgan fingerprint density at radius 3 is 2.46 bits per heavy atom. The van der Waals surface area contributed by atoms with Gasteiger partial charge in [-0.3, -0.25) is 8.98 Å². The Morgan fingerprint density at radius 2 is 1.83 bits per heavy atom. The molecule has 0 bridgehead atoms. The Balaban J connectivity index is 0.00000342. The van der Waals surface area contributed by atoms with E-state index in [0.29, 0.717) is 67.5 Å². The monoisotopic (exact) mass is 518 g/mol. The fourth-order valence-corrected chi connectivity index (χ4v) is 9.31. The van der Waals surface area contributed by atoms with Gasteiger partial charge in [-0.2, -0.15) is 0 Å². The Hall–Kier alpha value is 0.240. The second kappa shape index (κ2) is 10.8. The van der Waals surface area contributed by atoms with E-state index in [1.807, 2.05) is 0 Å². The summed E-state index contributed by atoms with van der Waals surface area (Å²) in [6, 6.07) is 0. The first-order valence-electron chi connectivity index (χ1n) is 13.3. The fraction of sp³-hybridized carbons (Fsp3) is 0.889. The van der Waals surface area contributed by atoms with Crippen molar-refractivity contribution in [1.29, 1.82) is 0 Å². The number of carbonyl (C=O) groups excluding carboxylic acids is 1. The van der Waals surface area contributed by atoms with Crippen LogP contribution in [0.15, 0.2) is 11.6 Å². The summed E-state index contributed by atoms with van der Waals surface area (Å²) in [5.74, 6) is 2.41. The number of hydrogen-bond acceptors (Lipinski definition) is 6. The third-order valence-electron chi connectivity index (χ3n) is 10.2. The van der Waals surface area contributed by atoms with Crippen LogP contribution >= 0.6 is 0 Å². The number of allylic oxidation sites excluding steroid dienone is 2. The van der Waals surface area contributed by atoms with Crippen molar-refractivity contribution in [3.8, 4) is 0 Å². The van der Waals surface area contributed by atoms with E-state index in [0.717, 1.165) is 25.7 Å². The molecule has 0 aromatic heterocycles. The molecule has 4 aliphatic rings. The molecule has 0 aromatic carbocycles. The van der Waals surface area contributed by atoms with E-state index in [4.69, 9.17) is 4.18 Å². The van der Waals surface area contributed by atoms with Crippen molar-refractivity contribution in [2.45, 2.75) is 105 Å². The standard InChI is InChI=1S/C27H44O6S.Na/c1-16(2)12-18(28)13-17(3)21-6-7-22-20-15-25(29)24-14-19(33-34(30,31)32)8-10-27(24,5)23(20)9-11-26(21,22)4;/h9,16-17,19-22,24-25,29H,6-8,10-15H2,1-5H3,(H,30,31,32);/q;+1/p-1/t17-,19+,20?,21?,22+,24-,25+,26-,27-;/m1./s1. The van der Waals surface area contributed by atoms with Crippen LogP contribution in [0.2, 0.25) is 0 Å². The van der Waals surface area contributed by atoms with Crippen molar-refractivity contribution >= 4 is 16.2 Å². The molecular weight excluding hydrogens is 475 g/mol. The molecule has 3 fully saturated rings. The van der Waals surface area contributed by atoms with Gasteiger partial charge < -0.3 is 9.66 Å². The van der Waals surface area contributed by atoms with Gasteiger partial charge in [0.05, 0.1) is 12.2 Å². The molecule has 0 aliphatic heterocycles. The Kier molecular flexibility index (Phi) is 9.18. The SMILES string of the molecule is CC(C)CC(=O)C[C@@H](C)C1CC[C@H]2C3C[C@H](O)[C@H]4C[C@@H](OS(=O)(=O)[O-])CC[C@]4(C)C3=CC[C@]12C.[Na+]. The molecule has 0 spiro atoms. The summed E-state index contributed by atoms with van der Waals surface area (Å²) in [5, 5.41) is 11.3. The summed E-state index contributed by atoms with van der Waals surface area (Å²) in [6.45, 7) is 11.1. The molecule has 194 valence electrons. The quantitative estimate of drug-likeness (QED) is 0.239. The first-order chi connectivity index (χ1) is 15.7. The average Bonchev–Trinajstić information content (AvgIpc) is 3.05. The van der Waals surface area contributed by atoms with Crippen LogP contribution in [0.1, 0.15) is 92.4 Å². The third kappa shape index (κ3) is 5.81. The van der Waals surface area contributed by atoms with Crippen molar-refractivity contribution in [3.63, 3.8) is 0 Å². The van der Waals surface area contributed by atoms with Gasteiger partial charge >= 0.3 is 29.6 Å². The summed E-state index contributed by atoms with van der Waals surface area (Å²) in [4.78, 5) is 12.6. The molecule has 1 N–H and O–H groups in total. The normalized spacial score (nSPS) is 41.8. The summed E-state index contributed by atoms with van der Waals surface area (Å²) < 4.78 is 38.2. The van der Waals surface area contributed by atoms with E-state index >= 15 is 0 Å². The molecule has 9 atom stereocenters. The molecule has 3 saturated carbocycles. The maximum atomic E-state index is 12.6. The second-order valence-corrected chi connectivity index (χ2v) is 13.8. The number of carbonyl (C=O) groups is 1. The predicted molar refractivity (Wildman–Crippen MR) is 129 cm³/mol. The van der Waals surface area contributed by atoms with Crippen molar-refractivity contribution in [3.05, 3.63) is 11.6 Å². The summed E-state index contributed by atoms with van der Waals surface area (Å²) in [6.07, 6.45) is 8.22. The minimum absolute atomic E-state index is 0. The Morgan fingerprint density at radius 1 is 1.14 bits per heavy atom. The van der Waals surface area contributed by atoms with E-state index in [9.17, 15) is 22.9 Å². The zero-order valence-electron chi connectivity index (χ0n) is 22.5. The van der Waals surface area contributed by atoms with Crippen molar-refractivity contribution in [2.75, 3.05) is 0 Å². The molecule has 35 heavy (non-hydrogen) atoms. The summed E-state index contributed by atoms with van der Waals surface area (Å²) in [5.41, 5.74) is 1.40. The molecule has 2 unspecified atom stereocenters. The van der Waals surface area contributed by atoms with Gasteiger partial charge in [0, 0.05) is 12.8 Å². The van der Waals surface area contributed by atoms with Crippen LogP contribution < -0.4 is 29.6 Å². The summed E-state index contributed by atoms with van der Waals surface area (Å²) in [7, 11) is -4.74. The van der Waals surface area contributed by atoms with Gasteiger partial charge in [0.25, 0.3) is 0 Å². The first kappa shape index (κ1) is 29.8. The minimum Gasteiger partial charge on any atom is -0.726 e. The van der Waals surface area contributed by atoms with E-state index in [1.165, 1.54) is 5.57 Å². The van der Waals surface area contributed by atoms with Crippen LogP contribution in [0.3, 0.4) is 0 Å². The molecule has 0 saturated heterocycles. The van der Waals surface area contributed by atoms with Crippen molar-refractivity contribution < 1.29 is 56.6 Å². The average molecular weight is 519 g/mol. The molecule has 0 radical (unpaired) electrons. The predicted octanol–water partition coefficient (Wildman–Crippen LogP) is 2.03. The second-order valence-electron chi connectivity index (χ2n) is 12.8. The molecule has 4 aliphatic carbocycles. The fourth-order valence-electron chi connectivity index (χ4n) is 8.80.